The first kappa shape index (κ1) is 33.4. The number of rotatable bonds is 10. The molecule has 1 saturated heterocycles. The fourth-order valence-electron chi connectivity index (χ4n) is 4.54. The number of amides is 1. The number of hydrogen-bond donors (Lipinski definition) is 2. The van der Waals surface area contributed by atoms with Gasteiger partial charge in [0.2, 0.25) is 0 Å². The second-order valence-electron chi connectivity index (χ2n) is 11.1. The molecule has 2 aromatic heterocycles. The molecule has 1 fully saturated rings. The van der Waals surface area contributed by atoms with Gasteiger partial charge >= 0.3 is 6.18 Å². The molecule has 1 aromatic carbocycles. The summed E-state index contributed by atoms with van der Waals surface area (Å²) < 4.78 is 43.4. The van der Waals surface area contributed by atoms with Crippen LogP contribution in [0.15, 0.2) is 65.4 Å². The molecule has 0 aliphatic carbocycles. The number of alkyl halides is 3. The molecule has 0 bridgehead atoms. The Morgan fingerprint density at radius 1 is 1.16 bits per heavy atom. The normalized spacial score (nSPS) is 15.1. The van der Waals surface area contributed by atoms with Gasteiger partial charge in [-0.1, -0.05) is 31.9 Å². The molecule has 238 valence electrons. The summed E-state index contributed by atoms with van der Waals surface area (Å²) in [4.78, 5) is 25.6. The Morgan fingerprint density at radius 3 is 2.62 bits per heavy atom. The number of likely N-dealkylation sites (N-methyl/N-ethyl adjacent to an activating group) is 1. The third-order valence-corrected chi connectivity index (χ3v) is 7.45. The molecule has 1 aliphatic heterocycles. The highest BCUT2D eigenvalue weighted by Gasteiger charge is 2.34. The summed E-state index contributed by atoms with van der Waals surface area (Å²) in [6, 6.07) is 7.65. The second-order valence-corrected chi connectivity index (χ2v) is 11.1. The lowest BCUT2D eigenvalue weighted by molar-refractivity contribution is -0.138. The summed E-state index contributed by atoms with van der Waals surface area (Å²) in [6.45, 7) is 13.4. The smallest absolute Gasteiger partial charge is 0.369 e. The van der Waals surface area contributed by atoms with Gasteiger partial charge in [-0.25, -0.2) is 9.50 Å². The van der Waals surface area contributed by atoms with E-state index >= 15 is 0 Å². The predicted octanol–water partition coefficient (Wildman–Crippen LogP) is 5.62. The number of imidazole rings is 1. The van der Waals surface area contributed by atoms with Crippen molar-refractivity contribution in [3.05, 3.63) is 77.3 Å². The van der Waals surface area contributed by atoms with Crippen LogP contribution in [0.2, 0.25) is 0 Å². The van der Waals surface area contributed by atoms with Crippen molar-refractivity contribution in [2.45, 2.75) is 46.3 Å². The van der Waals surface area contributed by atoms with E-state index in [0.29, 0.717) is 35.7 Å². The first-order valence-electron chi connectivity index (χ1n) is 14.9. The maximum Gasteiger partial charge on any atom is 0.416 e. The maximum atomic E-state index is 13.9. The number of benzene rings is 1. The van der Waals surface area contributed by atoms with Crippen molar-refractivity contribution in [2.24, 2.45) is 4.99 Å². The number of allylic oxidation sites excluding steroid dienone is 1. The molecular formula is C33H39F3N8O. The van der Waals surface area contributed by atoms with Gasteiger partial charge < -0.3 is 15.5 Å². The van der Waals surface area contributed by atoms with Gasteiger partial charge in [0.15, 0.2) is 5.65 Å². The number of anilines is 2. The van der Waals surface area contributed by atoms with Crippen LogP contribution in [0.25, 0.3) is 5.65 Å². The molecule has 0 atom stereocenters. The van der Waals surface area contributed by atoms with E-state index < -0.39 is 17.6 Å². The molecule has 0 saturated carbocycles. The van der Waals surface area contributed by atoms with Gasteiger partial charge in [0, 0.05) is 62.3 Å². The molecule has 1 amide bonds. The Kier molecular flexibility index (Phi) is 11.1. The van der Waals surface area contributed by atoms with E-state index in [1.807, 2.05) is 24.1 Å². The number of fused-ring (bicyclic) bond motifs is 1. The number of nitrogens with one attached hydrogen (secondary N) is 2. The van der Waals surface area contributed by atoms with Crippen molar-refractivity contribution in [3.63, 3.8) is 0 Å². The van der Waals surface area contributed by atoms with Crippen LogP contribution in [0, 0.1) is 11.8 Å². The van der Waals surface area contributed by atoms with Crippen LogP contribution < -0.4 is 10.6 Å². The predicted molar refractivity (Wildman–Crippen MR) is 172 cm³/mol. The summed E-state index contributed by atoms with van der Waals surface area (Å²) in [5, 5.41) is 10.4. The molecule has 9 nitrogen and oxygen atoms in total. The molecule has 0 radical (unpaired) electrons. The average Bonchev–Trinajstić information content (AvgIpc) is 3.42. The zero-order valence-corrected chi connectivity index (χ0v) is 26.1. The summed E-state index contributed by atoms with van der Waals surface area (Å²) in [7, 11) is 1.99. The zero-order valence-electron chi connectivity index (χ0n) is 26.1. The van der Waals surface area contributed by atoms with Gasteiger partial charge in [0.05, 0.1) is 17.5 Å². The van der Waals surface area contributed by atoms with Crippen molar-refractivity contribution >= 4 is 28.8 Å². The number of carbonyl (C=O) groups excluding carboxylic acids is 1. The maximum absolute atomic E-state index is 13.9. The van der Waals surface area contributed by atoms with E-state index in [0.717, 1.165) is 44.4 Å². The zero-order chi connectivity index (χ0) is 32.6. The number of nitrogens with zero attached hydrogens (tertiary/aromatic N) is 6. The molecule has 0 spiro atoms. The van der Waals surface area contributed by atoms with Crippen LogP contribution in [0.5, 0.6) is 0 Å². The summed E-state index contributed by atoms with van der Waals surface area (Å²) in [5.74, 6) is 6.14. The minimum absolute atomic E-state index is 0.0588. The molecule has 3 heterocycles. The Morgan fingerprint density at radius 2 is 1.91 bits per heavy atom. The van der Waals surface area contributed by atoms with Gasteiger partial charge in [0.1, 0.15) is 11.5 Å². The lowest BCUT2D eigenvalue weighted by Gasteiger charge is -2.33. The Bertz CT molecular complexity index is 1650. The highest BCUT2D eigenvalue weighted by molar-refractivity contribution is 6.05. The minimum Gasteiger partial charge on any atom is -0.369 e. The summed E-state index contributed by atoms with van der Waals surface area (Å²) in [6.07, 6.45) is 0.529. The van der Waals surface area contributed by atoms with Crippen molar-refractivity contribution in [1.29, 1.82) is 0 Å². The Balaban J connectivity index is 1.41. The third kappa shape index (κ3) is 9.26. The van der Waals surface area contributed by atoms with Crippen LogP contribution in [0.1, 0.15) is 50.4 Å². The van der Waals surface area contributed by atoms with Crippen molar-refractivity contribution in [2.75, 3.05) is 50.4 Å². The van der Waals surface area contributed by atoms with E-state index in [4.69, 9.17) is 0 Å². The first-order chi connectivity index (χ1) is 21.4. The fraction of sp³-hybridized carbons (Fsp3) is 0.394. The van der Waals surface area contributed by atoms with Gasteiger partial charge in [-0.05, 0) is 63.1 Å². The van der Waals surface area contributed by atoms with E-state index in [9.17, 15) is 18.0 Å². The number of aliphatic imine (C=N–C) groups is 1. The lowest BCUT2D eigenvalue weighted by Crippen LogP contribution is -2.44. The van der Waals surface area contributed by atoms with E-state index in [-0.39, 0.29) is 23.4 Å². The molecule has 12 heteroatoms. The molecule has 1 aliphatic rings. The van der Waals surface area contributed by atoms with E-state index in [2.05, 4.69) is 56.0 Å². The number of hydrogen-bond acceptors (Lipinski definition) is 7. The molecule has 4 rings (SSSR count). The molecular weight excluding hydrogens is 581 g/mol. The largest absolute Gasteiger partial charge is 0.416 e. The highest BCUT2D eigenvalue weighted by atomic mass is 19.4. The summed E-state index contributed by atoms with van der Waals surface area (Å²) in [5.41, 5.74) is 1.84. The number of unbranched alkanes of at least 4 members (excludes halogenated alkanes) is 1. The topological polar surface area (TPSA) is 90.2 Å². The highest BCUT2D eigenvalue weighted by Crippen LogP contribution is 2.34. The third-order valence-electron chi connectivity index (χ3n) is 7.45. The lowest BCUT2D eigenvalue weighted by atomic mass is 10.0. The minimum atomic E-state index is -4.55. The summed E-state index contributed by atoms with van der Waals surface area (Å²) >= 11 is 0. The molecule has 45 heavy (non-hydrogen) atoms. The van der Waals surface area contributed by atoms with E-state index in [1.54, 1.807) is 17.6 Å². The number of halogens is 3. The number of aromatic nitrogens is 3. The van der Waals surface area contributed by atoms with Crippen molar-refractivity contribution < 1.29 is 18.0 Å². The van der Waals surface area contributed by atoms with Gasteiger partial charge in [0.25, 0.3) is 5.91 Å². The van der Waals surface area contributed by atoms with Gasteiger partial charge in [-0.2, -0.15) is 13.2 Å². The Hall–Kier alpha value is -4.47. The van der Waals surface area contributed by atoms with E-state index in [1.165, 1.54) is 25.3 Å². The quantitative estimate of drug-likeness (QED) is 0.132. The van der Waals surface area contributed by atoms with Crippen LogP contribution in [-0.2, 0) is 17.5 Å². The molecule has 2 N–H and O–H groups in total. The monoisotopic (exact) mass is 620 g/mol. The van der Waals surface area contributed by atoms with Crippen molar-refractivity contribution in [1.82, 2.24) is 24.4 Å². The van der Waals surface area contributed by atoms with Crippen LogP contribution in [0.4, 0.5) is 24.7 Å². The fourth-order valence-corrected chi connectivity index (χ4v) is 4.54. The van der Waals surface area contributed by atoms with Crippen LogP contribution in [-0.4, -0.2) is 75.8 Å². The number of piperazine rings is 1. The average molecular weight is 621 g/mol. The number of carbonyl (C=O) groups is 1. The Labute approximate surface area is 261 Å². The SMILES string of the molecule is C=C(C#Cc1cnc2ccc(NCCCC)nn12)C(C)=N/C=C(\C)C(=O)Nc1ccc(CN2CCN(C)CC2)c(C(F)(F)F)c1. The van der Waals surface area contributed by atoms with Crippen LogP contribution in [0.3, 0.4) is 0 Å². The second kappa shape index (κ2) is 15.0. The van der Waals surface area contributed by atoms with Crippen molar-refractivity contribution in [3.8, 4) is 11.8 Å². The molecule has 0 unspecified atom stereocenters. The van der Waals surface area contributed by atoms with Crippen LogP contribution >= 0.6 is 0 Å². The van der Waals surface area contributed by atoms with Gasteiger partial charge in [-0.3, -0.25) is 14.7 Å². The first-order valence-corrected chi connectivity index (χ1v) is 14.9. The van der Waals surface area contributed by atoms with Gasteiger partial charge in [-0.15, -0.1) is 5.10 Å². The molecule has 3 aromatic rings. The standard InChI is InChI=1S/C33H39F3N8O/c1-6-7-14-37-30-12-13-31-39-21-28(44(31)41-30)11-8-23(2)25(4)38-20-24(3)32(45)40-27-10-9-26(29(19-27)33(34,35)36)22-43-17-15-42(5)16-18-43/h9-10,12-13,19-21H,2,6-7,14-18,22H2,1,3-5H3,(H,37,41)(H,40,45)/b24-20+,38-25?.